The highest BCUT2D eigenvalue weighted by Gasteiger charge is 2.26. The molecule has 0 bridgehead atoms. The summed E-state index contributed by atoms with van der Waals surface area (Å²) < 4.78 is 18.3. The Hall–Kier alpha value is -1.58. The first kappa shape index (κ1) is 14.8. The Morgan fingerprint density at radius 2 is 1.80 bits per heavy atom. The maximum absolute atomic E-state index is 12.6. The summed E-state index contributed by atoms with van der Waals surface area (Å²) >= 11 is 5.82. The van der Waals surface area contributed by atoms with Crippen LogP contribution in [0, 0.1) is 0 Å². The SMILES string of the molecule is CC(O)(CCF)c1ccccc1Oc1ccc(Cl)cc1. The van der Waals surface area contributed by atoms with E-state index in [-0.39, 0.29) is 6.42 Å². The first-order chi connectivity index (χ1) is 9.53. The monoisotopic (exact) mass is 294 g/mol. The number of benzene rings is 2. The normalized spacial score (nSPS) is 13.8. The van der Waals surface area contributed by atoms with Crippen molar-refractivity contribution in [2.24, 2.45) is 0 Å². The molecule has 0 aromatic heterocycles. The lowest BCUT2D eigenvalue weighted by Crippen LogP contribution is -2.22. The lowest BCUT2D eigenvalue weighted by molar-refractivity contribution is 0.0389. The van der Waals surface area contributed by atoms with Gasteiger partial charge in [0.1, 0.15) is 11.5 Å². The molecular weight excluding hydrogens is 279 g/mol. The molecule has 0 amide bonds. The number of hydrogen-bond donors (Lipinski definition) is 1. The fraction of sp³-hybridized carbons (Fsp3) is 0.250. The van der Waals surface area contributed by atoms with Crippen LogP contribution in [0.5, 0.6) is 11.5 Å². The molecule has 1 atom stereocenters. The molecule has 4 heteroatoms. The van der Waals surface area contributed by atoms with Crippen molar-refractivity contribution < 1.29 is 14.2 Å². The van der Waals surface area contributed by atoms with E-state index in [0.717, 1.165) is 0 Å². The van der Waals surface area contributed by atoms with E-state index in [4.69, 9.17) is 16.3 Å². The van der Waals surface area contributed by atoms with Crippen LogP contribution in [0.2, 0.25) is 5.02 Å². The van der Waals surface area contributed by atoms with E-state index in [1.165, 1.54) is 0 Å². The van der Waals surface area contributed by atoms with Crippen LogP contribution in [-0.4, -0.2) is 11.8 Å². The van der Waals surface area contributed by atoms with Crippen LogP contribution in [0.3, 0.4) is 0 Å². The second kappa shape index (κ2) is 6.25. The first-order valence-corrected chi connectivity index (χ1v) is 6.72. The van der Waals surface area contributed by atoms with Gasteiger partial charge in [0, 0.05) is 17.0 Å². The van der Waals surface area contributed by atoms with Gasteiger partial charge in [-0.2, -0.15) is 0 Å². The van der Waals surface area contributed by atoms with Gasteiger partial charge in [-0.25, -0.2) is 0 Å². The molecule has 1 N–H and O–H groups in total. The minimum absolute atomic E-state index is 0.0218. The molecule has 0 fully saturated rings. The quantitative estimate of drug-likeness (QED) is 0.866. The summed E-state index contributed by atoms with van der Waals surface area (Å²) in [6, 6.07) is 14.0. The number of aliphatic hydroxyl groups is 1. The highest BCUT2D eigenvalue weighted by Crippen LogP contribution is 2.35. The summed E-state index contributed by atoms with van der Waals surface area (Å²) in [4.78, 5) is 0. The first-order valence-electron chi connectivity index (χ1n) is 6.34. The van der Waals surface area contributed by atoms with Gasteiger partial charge < -0.3 is 9.84 Å². The zero-order valence-corrected chi connectivity index (χ0v) is 11.9. The van der Waals surface area contributed by atoms with Gasteiger partial charge >= 0.3 is 0 Å². The number of ether oxygens (including phenoxy) is 1. The molecule has 0 aliphatic carbocycles. The minimum atomic E-state index is -1.27. The average molecular weight is 295 g/mol. The summed E-state index contributed by atoms with van der Waals surface area (Å²) in [5.74, 6) is 1.12. The van der Waals surface area contributed by atoms with E-state index < -0.39 is 12.3 Å². The van der Waals surface area contributed by atoms with Crippen LogP contribution < -0.4 is 4.74 Å². The van der Waals surface area contributed by atoms with E-state index in [9.17, 15) is 9.50 Å². The van der Waals surface area contributed by atoms with Crippen LogP contribution in [0.1, 0.15) is 18.9 Å². The van der Waals surface area contributed by atoms with Crippen molar-refractivity contribution in [2.75, 3.05) is 6.67 Å². The standard InChI is InChI=1S/C16H16ClFO2/c1-16(19,10-11-18)14-4-2-3-5-15(14)20-13-8-6-12(17)7-9-13/h2-9,19H,10-11H2,1H3. The molecule has 0 saturated heterocycles. The maximum Gasteiger partial charge on any atom is 0.133 e. The molecule has 0 saturated carbocycles. The maximum atomic E-state index is 12.6. The van der Waals surface area contributed by atoms with Gasteiger partial charge in [-0.1, -0.05) is 29.8 Å². The topological polar surface area (TPSA) is 29.5 Å². The zero-order valence-electron chi connectivity index (χ0n) is 11.1. The molecule has 0 heterocycles. The molecule has 2 rings (SSSR count). The molecule has 20 heavy (non-hydrogen) atoms. The molecule has 0 radical (unpaired) electrons. The Morgan fingerprint density at radius 3 is 2.45 bits per heavy atom. The average Bonchev–Trinajstić information content (AvgIpc) is 2.42. The Bertz CT molecular complexity index is 567. The molecule has 2 nitrogen and oxygen atoms in total. The van der Waals surface area contributed by atoms with Crippen molar-refractivity contribution in [3.05, 3.63) is 59.1 Å². The van der Waals surface area contributed by atoms with E-state index >= 15 is 0 Å². The lowest BCUT2D eigenvalue weighted by atomic mass is 9.92. The van der Waals surface area contributed by atoms with Gasteiger partial charge in [0.05, 0.1) is 12.3 Å². The largest absolute Gasteiger partial charge is 0.457 e. The fourth-order valence-electron chi connectivity index (χ4n) is 1.95. The number of rotatable bonds is 5. The van der Waals surface area contributed by atoms with E-state index in [0.29, 0.717) is 22.1 Å². The van der Waals surface area contributed by atoms with Crippen LogP contribution in [0.4, 0.5) is 4.39 Å². The van der Waals surface area contributed by atoms with Gasteiger partial charge in [0.15, 0.2) is 0 Å². The fourth-order valence-corrected chi connectivity index (χ4v) is 2.07. The summed E-state index contributed by atoms with van der Waals surface area (Å²) in [5.41, 5.74) is -0.704. The summed E-state index contributed by atoms with van der Waals surface area (Å²) in [5, 5.41) is 11.0. The molecule has 0 aliphatic rings. The van der Waals surface area contributed by atoms with E-state index in [2.05, 4.69) is 0 Å². The molecule has 1 unspecified atom stereocenters. The molecule has 0 spiro atoms. The second-order valence-electron chi connectivity index (χ2n) is 4.76. The highest BCUT2D eigenvalue weighted by molar-refractivity contribution is 6.30. The van der Waals surface area contributed by atoms with Gasteiger partial charge in [0.2, 0.25) is 0 Å². The summed E-state index contributed by atoms with van der Waals surface area (Å²) in [6.45, 7) is 0.985. The predicted molar refractivity (Wildman–Crippen MR) is 78.1 cm³/mol. The van der Waals surface area contributed by atoms with Crippen molar-refractivity contribution in [1.29, 1.82) is 0 Å². The van der Waals surface area contributed by atoms with Crippen molar-refractivity contribution in [2.45, 2.75) is 18.9 Å². The van der Waals surface area contributed by atoms with Crippen LogP contribution >= 0.6 is 11.6 Å². The molecule has 2 aromatic carbocycles. The molecule has 0 aliphatic heterocycles. The van der Waals surface area contributed by atoms with Crippen molar-refractivity contribution in [3.8, 4) is 11.5 Å². The smallest absolute Gasteiger partial charge is 0.133 e. The molecular formula is C16H16ClFO2. The number of alkyl halides is 1. The zero-order chi connectivity index (χ0) is 14.6. The van der Waals surface area contributed by atoms with Gasteiger partial charge in [-0.3, -0.25) is 4.39 Å². The second-order valence-corrected chi connectivity index (χ2v) is 5.20. The van der Waals surface area contributed by atoms with Gasteiger partial charge in [0.25, 0.3) is 0 Å². The van der Waals surface area contributed by atoms with Crippen molar-refractivity contribution >= 4 is 11.6 Å². The van der Waals surface area contributed by atoms with E-state index in [1.54, 1.807) is 55.5 Å². The van der Waals surface area contributed by atoms with Gasteiger partial charge in [-0.15, -0.1) is 0 Å². The summed E-state index contributed by atoms with van der Waals surface area (Å²) in [7, 11) is 0. The Labute approximate surface area is 122 Å². The minimum Gasteiger partial charge on any atom is -0.457 e. The molecule has 106 valence electrons. The van der Waals surface area contributed by atoms with Crippen LogP contribution in [0.25, 0.3) is 0 Å². The Morgan fingerprint density at radius 1 is 1.15 bits per heavy atom. The van der Waals surface area contributed by atoms with Gasteiger partial charge in [-0.05, 0) is 37.3 Å². The summed E-state index contributed by atoms with van der Waals surface area (Å²) in [6.07, 6.45) is 0.0218. The highest BCUT2D eigenvalue weighted by atomic mass is 35.5. The number of hydrogen-bond acceptors (Lipinski definition) is 2. The third-order valence-corrected chi connectivity index (χ3v) is 3.34. The lowest BCUT2D eigenvalue weighted by Gasteiger charge is -2.25. The third kappa shape index (κ3) is 3.50. The number of para-hydroxylation sites is 1. The predicted octanol–water partition coefficient (Wildman–Crippen LogP) is 4.70. The van der Waals surface area contributed by atoms with Crippen molar-refractivity contribution in [3.63, 3.8) is 0 Å². The Balaban J connectivity index is 2.30. The Kier molecular flexibility index (Phi) is 4.63. The van der Waals surface area contributed by atoms with E-state index in [1.807, 2.05) is 0 Å². The van der Waals surface area contributed by atoms with Crippen LogP contribution in [0.15, 0.2) is 48.5 Å². The van der Waals surface area contributed by atoms with Crippen molar-refractivity contribution in [1.82, 2.24) is 0 Å². The third-order valence-electron chi connectivity index (χ3n) is 3.09. The number of halogens is 2. The molecule has 2 aromatic rings. The van der Waals surface area contributed by atoms with Crippen LogP contribution in [-0.2, 0) is 5.60 Å².